The van der Waals surface area contributed by atoms with Gasteiger partial charge in [0.05, 0.1) is 51.6 Å². The van der Waals surface area contributed by atoms with Crippen LogP contribution < -0.4 is 25.8 Å². The Morgan fingerprint density at radius 3 is 2.38 bits per heavy atom. The molecule has 4 heterocycles. The number of aryl methyl sites for hydroxylation is 1. The average molecular weight is 1000 g/mol. The number of fused-ring (bicyclic) bond motifs is 2. The molecule has 1 saturated heterocycles. The van der Waals surface area contributed by atoms with E-state index in [4.69, 9.17) is 4.98 Å². The SMILES string of the molecule is CC(=O)C[C@H](C(=O)N1C[C@H](O)C[C@H]1C(=O)N[C@@H](C)c1ccc(-c2scnc2C)cc1)C(C)(C)SCCCCCNC(=O)c1ccc(Nc2ncc3c(n2)N(C2CCCC2)c2ccccc2C(=O)N3C)cc1. The summed E-state index contributed by atoms with van der Waals surface area (Å²) in [4.78, 5) is 87.7. The van der Waals surface area contributed by atoms with E-state index in [0.717, 1.165) is 78.1 Å². The Balaban J connectivity index is 0.799. The Kier molecular flexibility index (Phi) is 16.2. The Morgan fingerprint density at radius 1 is 0.944 bits per heavy atom. The molecule has 3 aromatic carbocycles. The molecule has 1 aliphatic carbocycles. The number of β-amino-alcohol motifs (C(OH)–C–C–N with tert-alkyl or cyclic N) is 1. The third-order valence-corrected chi connectivity index (χ3v) is 16.5. The highest BCUT2D eigenvalue weighted by Gasteiger charge is 2.46. The molecule has 2 fully saturated rings. The van der Waals surface area contributed by atoms with Crippen molar-refractivity contribution in [1.82, 2.24) is 30.5 Å². The summed E-state index contributed by atoms with van der Waals surface area (Å²) in [5.41, 5.74) is 8.13. The minimum atomic E-state index is -0.858. The van der Waals surface area contributed by atoms with E-state index in [0.29, 0.717) is 40.8 Å². The second-order valence-corrected chi connectivity index (χ2v) is 22.1. The van der Waals surface area contributed by atoms with Gasteiger partial charge in [0.1, 0.15) is 17.5 Å². The number of anilines is 5. The number of aliphatic hydroxyl groups excluding tert-OH is 1. The Bertz CT molecular complexity index is 2720. The summed E-state index contributed by atoms with van der Waals surface area (Å²) in [5, 5.41) is 20.1. The zero-order valence-electron chi connectivity index (χ0n) is 41.4. The predicted molar refractivity (Wildman–Crippen MR) is 282 cm³/mol. The van der Waals surface area contributed by atoms with Crippen molar-refractivity contribution < 1.29 is 29.1 Å². The molecule has 0 radical (unpaired) electrons. The van der Waals surface area contributed by atoms with Crippen LogP contribution in [0.4, 0.5) is 28.8 Å². The largest absolute Gasteiger partial charge is 0.391 e. The molecule has 4 amide bonds. The Labute approximate surface area is 424 Å². The normalized spacial score (nSPS) is 17.8. The maximum atomic E-state index is 14.3. The zero-order chi connectivity index (χ0) is 50.4. The van der Waals surface area contributed by atoms with Gasteiger partial charge >= 0.3 is 0 Å². The molecule has 0 spiro atoms. The number of carbonyl (C=O) groups is 5. The fourth-order valence-corrected chi connectivity index (χ4v) is 12.0. The monoisotopic (exact) mass is 999 g/mol. The standard InChI is InChI=1S/C54H65N9O6S2/c1-33(64)28-43(52(69)62-31-41(65)29-45(62)50(67)58-34(2)36-18-20-37(21-19-36)47-35(3)57-32-70-47)54(4,5)71-27-13-7-12-26-55-49(66)38-22-24-39(25-23-38)59-53-56-30-46-48(60-53)63(40-14-8-9-15-40)44-17-11-10-16-42(44)51(68)61(46)6/h10-11,16-25,30,32,34,40-41,43,45,65H,7-9,12-15,26-29,31H2,1-6H3,(H,55,66)(H,58,67)(H,56,59,60)/t34-,41+,43+,45-/m0/s1. The lowest BCUT2D eigenvalue weighted by molar-refractivity contribution is -0.143. The van der Waals surface area contributed by atoms with Gasteiger partial charge in [-0.05, 0) is 114 Å². The first-order chi connectivity index (χ1) is 34.1. The number of benzene rings is 3. The number of rotatable bonds is 19. The maximum Gasteiger partial charge on any atom is 0.260 e. The lowest BCUT2D eigenvalue weighted by Crippen LogP contribution is -2.51. The molecule has 2 aromatic heterocycles. The summed E-state index contributed by atoms with van der Waals surface area (Å²) >= 11 is 3.20. The van der Waals surface area contributed by atoms with Crippen LogP contribution in [0.2, 0.25) is 0 Å². The number of aromatic nitrogens is 3. The van der Waals surface area contributed by atoms with Crippen LogP contribution >= 0.6 is 23.1 Å². The predicted octanol–water partition coefficient (Wildman–Crippen LogP) is 9.17. The number of unbranched alkanes of at least 4 members (excludes halogenated alkanes) is 2. The number of nitrogens with zero attached hydrogens (tertiary/aromatic N) is 6. The molecule has 17 heteroatoms. The maximum absolute atomic E-state index is 14.3. The van der Waals surface area contributed by atoms with Crippen molar-refractivity contribution >= 4 is 81.3 Å². The zero-order valence-corrected chi connectivity index (χ0v) is 43.1. The topological polar surface area (TPSA) is 190 Å². The molecule has 3 aliphatic rings. The first-order valence-electron chi connectivity index (χ1n) is 24.7. The summed E-state index contributed by atoms with van der Waals surface area (Å²) in [5.74, 6) is 0.0772. The molecule has 5 aromatic rings. The van der Waals surface area contributed by atoms with Gasteiger partial charge < -0.3 is 40.6 Å². The highest BCUT2D eigenvalue weighted by molar-refractivity contribution is 8.00. The molecule has 374 valence electrons. The van der Waals surface area contributed by atoms with Gasteiger partial charge in [-0.2, -0.15) is 16.7 Å². The first kappa shape index (κ1) is 51.2. The van der Waals surface area contributed by atoms with Crippen molar-refractivity contribution in [1.29, 1.82) is 0 Å². The third-order valence-electron chi connectivity index (χ3n) is 14.0. The summed E-state index contributed by atoms with van der Waals surface area (Å²) < 4.78 is -0.636. The van der Waals surface area contributed by atoms with Gasteiger partial charge in [-0.25, -0.2) is 9.97 Å². The number of amides is 4. The number of hydrogen-bond donors (Lipinski definition) is 4. The Hall–Kier alpha value is -6.17. The van der Waals surface area contributed by atoms with E-state index in [1.54, 1.807) is 53.4 Å². The van der Waals surface area contributed by atoms with E-state index < -0.39 is 22.8 Å². The van der Waals surface area contributed by atoms with Gasteiger partial charge in [0, 0.05) is 55.0 Å². The molecule has 8 rings (SSSR count). The van der Waals surface area contributed by atoms with E-state index in [2.05, 4.69) is 30.8 Å². The second-order valence-electron chi connectivity index (χ2n) is 19.5. The molecule has 15 nitrogen and oxygen atoms in total. The van der Waals surface area contributed by atoms with Crippen molar-refractivity contribution in [3.05, 3.63) is 107 Å². The summed E-state index contributed by atoms with van der Waals surface area (Å²) in [6, 6.07) is 21.9. The molecule has 2 aliphatic heterocycles. The smallest absolute Gasteiger partial charge is 0.260 e. The number of carbonyl (C=O) groups excluding carboxylic acids is 5. The van der Waals surface area contributed by atoms with E-state index in [-0.39, 0.29) is 60.9 Å². The van der Waals surface area contributed by atoms with E-state index >= 15 is 0 Å². The van der Waals surface area contributed by atoms with Crippen LogP contribution in [-0.4, -0.2) is 103 Å². The number of thioether (sulfide) groups is 1. The number of likely N-dealkylation sites (tertiary alicyclic amines) is 1. The van der Waals surface area contributed by atoms with Gasteiger partial charge in [0.2, 0.25) is 17.8 Å². The second kappa shape index (κ2) is 22.5. The van der Waals surface area contributed by atoms with E-state index in [9.17, 15) is 29.1 Å². The van der Waals surface area contributed by atoms with Gasteiger partial charge in [0.25, 0.3) is 11.8 Å². The fourth-order valence-electron chi connectivity index (χ4n) is 9.94. The first-order valence-corrected chi connectivity index (χ1v) is 26.6. The van der Waals surface area contributed by atoms with Gasteiger partial charge in [-0.3, -0.25) is 19.2 Å². The Morgan fingerprint density at radius 2 is 1.68 bits per heavy atom. The van der Waals surface area contributed by atoms with Gasteiger partial charge in [0.15, 0.2) is 5.82 Å². The van der Waals surface area contributed by atoms with Crippen molar-refractivity contribution in [3.63, 3.8) is 0 Å². The van der Waals surface area contributed by atoms with Crippen LogP contribution in [-0.2, 0) is 14.4 Å². The van der Waals surface area contributed by atoms with Crippen molar-refractivity contribution in [2.75, 3.05) is 41.0 Å². The average Bonchev–Trinajstić information content (AvgIpc) is 4.14. The summed E-state index contributed by atoms with van der Waals surface area (Å²) in [7, 11) is 1.76. The number of Topliss-reactive ketones (excluding diaryl/α,β-unsaturated/α-hetero) is 1. The molecule has 4 N–H and O–H groups in total. The molecule has 4 atom stereocenters. The summed E-state index contributed by atoms with van der Waals surface area (Å²) in [6.07, 6.45) is 7.70. The van der Waals surface area contributed by atoms with Crippen molar-refractivity contribution in [2.24, 2.45) is 5.92 Å². The van der Waals surface area contributed by atoms with Crippen LogP contribution in [0, 0.1) is 12.8 Å². The number of para-hydroxylation sites is 1. The van der Waals surface area contributed by atoms with Crippen molar-refractivity contribution in [2.45, 2.75) is 121 Å². The molecule has 71 heavy (non-hydrogen) atoms. The van der Waals surface area contributed by atoms with Gasteiger partial charge in [-0.1, -0.05) is 55.7 Å². The molecule has 0 bridgehead atoms. The van der Waals surface area contributed by atoms with Crippen LogP contribution in [0.25, 0.3) is 10.4 Å². The number of ketones is 1. The molecular weight excluding hydrogens is 935 g/mol. The quantitative estimate of drug-likeness (QED) is 0.0575. The minimum absolute atomic E-state index is 0.0264. The number of hydrogen-bond acceptors (Lipinski definition) is 13. The van der Waals surface area contributed by atoms with Gasteiger partial charge in [-0.15, -0.1) is 11.3 Å². The van der Waals surface area contributed by atoms with Crippen LogP contribution in [0.15, 0.2) is 84.5 Å². The van der Waals surface area contributed by atoms with Crippen LogP contribution in [0.3, 0.4) is 0 Å². The third kappa shape index (κ3) is 11.8. The van der Waals surface area contributed by atoms with Crippen LogP contribution in [0.1, 0.15) is 123 Å². The highest BCUT2D eigenvalue weighted by atomic mass is 32.2. The van der Waals surface area contributed by atoms with Crippen molar-refractivity contribution in [3.8, 4) is 10.4 Å². The number of thiazole rings is 1. The summed E-state index contributed by atoms with van der Waals surface area (Å²) in [6.45, 7) is 9.81. The lowest BCUT2D eigenvalue weighted by Gasteiger charge is -2.37. The van der Waals surface area contributed by atoms with E-state index in [1.165, 1.54) is 11.8 Å². The number of nitrogens with one attached hydrogen (secondary N) is 3. The molecular formula is C54H65N9O6S2. The lowest BCUT2D eigenvalue weighted by atomic mass is 9.88. The van der Waals surface area contributed by atoms with E-state index in [1.807, 2.05) is 93.9 Å². The van der Waals surface area contributed by atoms with Crippen LogP contribution in [0.5, 0.6) is 0 Å². The fraction of sp³-hybridized carbons (Fsp3) is 0.444. The molecule has 0 unspecified atom stereocenters. The highest BCUT2D eigenvalue weighted by Crippen LogP contribution is 2.44. The number of aliphatic hydroxyl groups is 1. The molecule has 1 saturated carbocycles. The minimum Gasteiger partial charge on any atom is -0.391 e.